The van der Waals surface area contributed by atoms with Gasteiger partial charge in [-0.2, -0.15) is 0 Å². The second-order valence-electron chi connectivity index (χ2n) is 5.53. The van der Waals surface area contributed by atoms with Gasteiger partial charge in [0.25, 0.3) is 5.91 Å². The summed E-state index contributed by atoms with van der Waals surface area (Å²) in [5, 5.41) is 2.25. The van der Waals surface area contributed by atoms with E-state index in [-0.39, 0.29) is 24.8 Å². The summed E-state index contributed by atoms with van der Waals surface area (Å²) in [5.41, 5.74) is 2.35. The summed E-state index contributed by atoms with van der Waals surface area (Å²) in [7, 11) is 0. The van der Waals surface area contributed by atoms with Crippen LogP contribution in [0.3, 0.4) is 0 Å². The molecule has 1 N–H and O–H groups in total. The van der Waals surface area contributed by atoms with Gasteiger partial charge in [0, 0.05) is 18.5 Å². The second kappa shape index (κ2) is 4.65. The molecule has 1 fully saturated rings. The number of hydrogen-bond donors (Lipinski definition) is 1. The van der Waals surface area contributed by atoms with E-state index in [0.29, 0.717) is 17.5 Å². The molecule has 1 atom stereocenters. The maximum atomic E-state index is 13.8. The molecule has 3 amide bonds. The molecule has 1 saturated heterocycles. The molecule has 0 bridgehead atoms. The van der Waals surface area contributed by atoms with Gasteiger partial charge in [-0.3, -0.25) is 19.7 Å². The summed E-state index contributed by atoms with van der Waals surface area (Å²) in [6.07, 6.45) is 0.522. The monoisotopic (exact) mass is 290 g/mol. The van der Waals surface area contributed by atoms with E-state index in [2.05, 4.69) is 5.32 Å². The zero-order valence-electron chi connectivity index (χ0n) is 11.8. The zero-order chi connectivity index (χ0) is 15.3. The number of amides is 3. The lowest BCUT2D eigenvalue weighted by Gasteiger charge is -2.29. The van der Waals surface area contributed by atoms with E-state index < -0.39 is 17.8 Å². The van der Waals surface area contributed by atoms with E-state index in [1.807, 2.05) is 0 Å². The van der Waals surface area contributed by atoms with Crippen molar-refractivity contribution >= 4 is 17.7 Å². The van der Waals surface area contributed by atoms with Crippen molar-refractivity contribution in [3.63, 3.8) is 0 Å². The van der Waals surface area contributed by atoms with Gasteiger partial charge < -0.3 is 4.90 Å². The lowest BCUT2D eigenvalue weighted by Crippen LogP contribution is -2.52. The van der Waals surface area contributed by atoms with Crippen LogP contribution in [-0.2, 0) is 16.1 Å². The van der Waals surface area contributed by atoms with Crippen LogP contribution in [0.4, 0.5) is 4.39 Å². The van der Waals surface area contributed by atoms with E-state index >= 15 is 0 Å². The smallest absolute Gasteiger partial charge is 0.255 e. The maximum absolute atomic E-state index is 13.8. The average Bonchev–Trinajstić information content (AvgIpc) is 2.74. The van der Waals surface area contributed by atoms with Crippen LogP contribution in [0.15, 0.2) is 6.07 Å². The fourth-order valence-electron chi connectivity index (χ4n) is 2.95. The summed E-state index contributed by atoms with van der Waals surface area (Å²) in [6, 6.07) is 0.580. The normalized spacial score (nSPS) is 21.6. The first-order chi connectivity index (χ1) is 9.90. The van der Waals surface area contributed by atoms with Crippen LogP contribution >= 0.6 is 0 Å². The van der Waals surface area contributed by atoms with Crippen LogP contribution in [-0.4, -0.2) is 28.7 Å². The Labute approximate surface area is 121 Å². The number of benzene rings is 1. The van der Waals surface area contributed by atoms with Gasteiger partial charge in [0.2, 0.25) is 11.8 Å². The van der Waals surface area contributed by atoms with Crippen molar-refractivity contribution in [3.05, 3.63) is 34.1 Å². The summed E-state index contributed by atoms with van der Waals surface area (Å²) in [4.78, 5) is 37.0. The number of fused-ring (bicyclic) bond motifs is 1. The molecule has 6 heteroatoms. The van der Waals surface area contributed by atoms with Gasteiger partial charge in [-0.25, -0.2) is 4.39 Å². The molecular weight excluding hydrogens is 275 g/mol. The molecule has 1 unspecified atom stereocenters. The summed E-state index contributed by atoms with van der Waals surface area (Å²) >= 11 is 0. The van der Waals surface area contributed by atoms with E-state index in [4.69, 9.17) is 0 Å². The Hall–Kier alpha value is -2.24. The number of nitrogens with one attached hydrogen (secondary N) is 1. The summed E-state index contributed by atoms with van der Waals surface area (Å²) < 4.78 is 13.8. The third kappa shape index (κ3) is 2.02. The molecule has 1 aromatic rings. The van der Waals surface area contributed by atoms with Gasteiger partial charge in [-0.05, 0) is 43.0 Å². The molecule has 0 spiro atoms. The van der Waals surface area contributed by atoms with Crippen LogP contribution in [0.2, 0.25) is 0 Å². The minimum absolute atomic E-state index is 0.211. The van der Waals surface area contributed by atoms with Gasteiger partial charge in [0.15, 0.2) is 0 Å². The van der Waals surface area contributed by atoms with Crippen molar-refractivity contribution in [2.45, 2.75) is 39.3 Å². The minimum Gasteiger partial charge on any atom is -0.322 e. The Kier molecular flexibility index (Phi) is 3.04. The quantitative estimate of drug-likeness (QED) is 0.790. The third-order valence-electron chi connectivity index (χ3n) is 4.38. The zero-order valence-corrected chi connectivity index (χ0v) is 11.8. The molecule has 0 radical (unpaired) electrons. The van der Waals surface area contributed by atoms with Gasteiger partial charge >= 0.3 is 0 Å². The Bertz CT molecular complexity index is 684. The minimum atomic E-state index is -0.662. The van der Waals surface area contributed by atoms with Crippen molar-refractivity contribution in [1.82, 2.24) is 10.2 Å². The SMILES string of the molecule is Cc1c(F)cc2c(c1C)CN(C1CCC(=O)NC1=O)C2=O. The molecular formula is C15H15FN2O3. The third-order valence-corrected chi connectivity index (χ3v) is 4.38. The van der Waals surface area contributed by atoms with Crippen molar-refractivity contribution in [2.24, 2.45) is 0 Å². The van der Waals surface area contributed by atoms with Crippen molar-refractivity contribution in [2.75, 3.05) is 0 Å². The molecule has 2 heterocycles. The second-order valence-corrected chi connectivity index (χ2v) is 5.53. The van der Waals surface area contributed by atoms with Crippen LogP contribution in [0, 0.1) is 19.7 Å². The molecule has 1 aromatic carbocycles. The number of piperidine rings is 1. The lowest BCUT2D eigenvalue weighted by atomic mass is 9.99. The largest absolute Gasteiger partial charge is 0.322 e. The van der Waals surface area contributed by atoms with Gasteiger partial charge in [-0.15, -0.1) is 0 Å². The van der Waals surface area contributed by atoms with E-state index in [1.54, 1.807) is 13.8 Å². The van der Waals surface area contributed by atoms with Crippen LogP contribution < -0.4 is 5.32 Å². The predicted molar refractivity (Wildman–Crippen MR) is 71.9 cm³/mol. The van der Waals surface area contributed by atoms with Gasteiger partial charge in [0.1, 0.15) is 11.9 Å². The van der Waals surface area contributed by atoms with Crippen LogP contribution in [0.5, 0.6) is 0 Å². The predicted octanol–water partition coefficient (Wildman–Crippen LogP) is 1.20. The molecule has 5 nitrogen and oxygen atoms in total. The number of nitrogens with zero attached hydrogens (tertiary/aromatic N) is 1. The molecule has 0 saturated carbocycles. The van der Waals surface area contributed by atoms with Crippen molar-refractivity contribution < 1.29 is 18.8 Å². The number of hydrogen-bond acceptors (Lipinski definition) is 3. The Balaban J connectivity index is 1.96. The number of imide groups is 1. The molecule has 3 rings (SSSR count). The standard InChI is InChI=1S/C15H15FN2O3/c1-7-8(2)11(16)5-9-10(7)6-18(15(9)21)12-3-4-13(19)17-14(12)20/h5,12H,3-4,6H2,1-2H3,(H,17,19,20). The number of rotatable bonds is 1. The first-order valence-electron chi connectivity index (χ1n) is 6.83. The molecule has 2 aliphatic heterocycles. The number of carbonyl (C=O) groups is 3. The van der Waals surface area contributed by atoms with Crippen molar-refractivity contribution in [1.29, 1.82) is 0 Å². The first-order valence-corrected chi connectivity index (χ1v) is 6.83. The molecule has 2 aliphatic rings. The van der Waals surface area contributed by atoms with Crippen molar-refractivity contribution in [3.8, 4) is 0 Å². The highest BCUT2D eigenvalue weighted by Crippen LogP contribution is 2.32. The Morgan fingerprint density at radius 2 is 1.95 bits per heavy atom. The van der Waals surface area contributed by atoms with E-state index in [9.17, 15) is 18.8 Å². The fourth-order valence-corrected chi connectivity index (χ4v) is 2.95. The molecule has 0 aromatic heterocycles. The van der Waals surface area contributed by atoms with E-state index in [1.165, 1.54) is 11.0 Å². The van der Waals surface area contributed by atoms with Gasteiger partial charge in [-0.1, -0.05) is 0 Å². The molecule has 21 heavy (non-hydrogen) atoms. The highest BCUT2D eigenvalue weighted by Gasteiger charge is 2.40. The maximum Gasteiger partial charge on any atom is 0.255 e. The molecule has 0 aliphatic carbocycles. The van der Waals surface area contributed by atoms with Crippen LogP contribution in [0.1, 0.15) is 39.9 Å². The Morgan fingerprint density at radius 3 is 2.62 bits per heavy atom. The highest BCUT2D eigenvalue weighted by atomic mass is 19.1. The Morgan fingerprint density at radius 1 is 1.24 bits per heavy atom. The number of carbonyl (C=O) groups excluding carboxylic acids is 3. The van der Waals surface area contributed by atoms with Crippen LogP contribution in [0.25, 0.3) is 0 Å². The summed E-state index contributed by atoms with van der Waals surface area (Å²) in [6.45, 7) is 3.73. The summed E-state index contributed by atoms with van der Waals surface area (Å²) in [5.74, 6) is -1.54. The molecule has 110 valence electrons. The average molecular weight is 290 g/mol. The lowest BCUT2D eigenvalue weighted by molar-refractivity contribution is -0.136. The number of halogens is 1. The fraction of sp³-hybridized carbons (Fsp3) is 0.400. The first kappa shape index (κ1) is 13.7. The topological polar surface area (TPSA) is 66.5 Å². The van der Waals surface area contributed by atoms with Gasteiger partial charge in [0.05, 0.1) is 0 Å². The highest BCUT2D eigenvalue weighted by molar-refractivity contribution is 6.05. The van der Waals surface area contributed by atoms with E-state index in [0.717, 1.165) is 11.1 Å².